The Morgan fingerprint density at radius 3 is 2.20 bits per heavy atom. The Kier molecular flexibility index (Phi) is 2.17. The molecule has 15 heavy (non-hydrogen) atoms. The third-order valence-electron chi connectivity index (χ3n) is 3.26. The number of rotatable bonds is 0. The van der Waals surface area contributed by atoms with Gasteiger partial charge in [-0.15, -0.1) is 0 Å². The molecular weight excluding hydrogens is 204 g/mol. The summed E-state index contributed by atoms with van der Waals surface area (Å²) in [6.45, 7) is 0. The highest BCUT2D eigenvalue weighted by atomic mass is 35.5. The van der Waals surface area contributed by atoms with Crippen LogP contribution in [0.15, 0.2) is 30.3 Å². The topological polar surface area (TPSA) is 0 Å². The largest absolute Gasteiger partial charge is 0.0843 e. The van der Waals surface area contributed by atoms with E-state index >= 15 is 0 Å². The number of aryl methyl sites for hydroxylation is 2. The standard InChI is InChI=1S/C14H13Cl/c15-14-6-5-12-7-10-3-1-2-4-11(10)8-13(12)9-14/h5-9H,1-4H2. The number of benzene rings is 2. The fourth-order valence-electron chi connectivity index (χ4n) is 2.46. The average Bonchev–Trinajstić information content (AvgIpc) is 2.26. The van der Waals surface area contributed by atoms with Crippen molar-refractivity contribution < 1.29 is 0 Å². The van der Waals surface area contributed by atoms with E-state index < -0.39 is 0 Å². The molecule has 0 saturated heterocycles. The molecular formula is C14H13Cl. The third kappa shape index (κ3) is 1.63. The first-order valence-electron chi connectivity index (χ1n) is 5.54. The van der Waals surface area contributed by atoms with Gasteiger partial charge in [0.1, 0.15) is 0 Å². The van der Waals surface area contributed by atoms with Crippen LogP contribution in [-0.2, 0) is 12.8 Å². The zero-order chi connectivity index (χ0) is 10.3. The summed E-state index contributed by atoms with van der Waals surface area (Å²) in [5.74, 6) is 0. The summed E-state index contributed by atoms with van der Waals surface area (Å²) in [6.07, 6.45) is 5.15. The van der Waals surface area contributed by atoms with E-state index in [0.29, 0.717) is 0 Å². The van der Waals surface area contributed by atoms with E-state index in [-0.39, 0.29) is 0 Å². The Morgan fingerprint density at radius 2 is 1.47 bits per heavy atom. The molecule has 1 heteroatoms. The van der Waals surface area contributed by atoms with Crippen molar-refractivity contribution in [1.29, 1.82) is 0 Å². The van der Waals surface area contributed by atoms with Crippen LogP contribution >= 0.6 is 11.6 Å². The van der Waals surface area contributed by atoms with E-state index in [1.54, 1.807) is 0 Å². The summed E-state index contributed by atoms with van der Waals surface area (Å²) >= 11 is 6.00. The molecule has 0 aromatic heterocycles. The lowest BCUT2D eigenvalue weighted by Gasteiger charge is -2.16. The lowest BCUT2D eigenvalue weighted by Crippen LogP contribution is -2.01. The number of halogens is 1. The van der Waals surface area contributed by atoms with Crippen LogP contribution in [-0.4, -0.2) is 0 Å². The van der Waals surface area contributed by atoms with Crippen LogP contribution in [0.4, 0.5) is 0 Å². The Morgan fingerprint density at radius 1 is 0.800 bits per heavy atom. The molecule has 1 aliphatic rings. The van der Waals surface area contributed by atoms with Crippen LogP contribution in [0.25, 0.3) is 10.8 Å². The monoisotopic (exact) mass is 216 g/mol. The van der Waals surface area contributed by atoms with E-state index in [2.05, 4.69) is 24.3 Å². The van der Waals surface area contributed by atoms with Crippen molar-refractivity contribution in [3.63, 3.8) is 0 Å². The van der Waals surface area contributed by atoms with Gasteiger partial charge in [-0.05, 0) is 59.7 Å². The molecule has 0 atom stereocenters. The predicted molar refractivity (Wildman–Crippen MR) is 65.6 cm³/mol. The van der Waals surface area contributed by atoms with Crippen molar-refractivity contribution in [2.45, 2.75) is 25.7 Å². The van der Waals surface area contributed by atoms with Gasteiger partial charge in [-0.1, -0.05) is 29.8 Å². The molecule has 1 aliphatic carbocycles. The molecule has 0 unspecified atom stereocenters. The minimum absolute atomic E-state index is 0.832. The van der Waals surface area contributed by atoms with Gasteiger partial charge in [0.05, 0.1) is 0 Å². The maximum absolute atomic E-state index is 6.00. The zero-order valence-electron chi connectivity index (χ0n) is 8.59. The lowest BCUT2D eigenvalue weighted by molar-refractivity contribution is 0.687. The summed E-state index contributed by atoms with van der Waals surface area (Å²) < 4.78 is 0. The van der Waals surface area contributed by atoms with E-state index in [0.717, 1.165) is 5.02 Å². The SMILES string of the molecule is Clc1ccc2cc3c(cc2c1)CCCC3. The summed E-state index contributed by atoms with van der Waals surface area (Å²) in [5, 5.41) is 3.43. The normalized spacial score (nSPS) is 15.3. The van der Waals surface area contributed by atoms with Gasteiger partial charge in [0.2, 0.25) is 0 Å². The van der Waals surface area contributed by atoms with Crippen LogP contribution in [0, 0.1) is 0 Å². The van der Waals surface area contributed by atoms with E-state index in [4.69, 9.17) is 11.6 Å². The highest BCUT2D eigenvalue weighted by Gasteiger charge is 2.09. The van der Waals surface area contributed by atoms with Crippen LogP contribution in [0.2, 0.25) is 5.02 Å². The highest BCUT2D eigenvalue weighted by Crippen LogP contribution is 2.28. The van der Waals surface area contributed by atoms with Gasteiger partial charge < -0.3 is 0 Å². The summed E-state index contributed by atoms with van der Waals surface area (Å²) in [4.78, 5) is 0. The summed E-state index contributed by atoms with van der Waals surface area (Å²) in [6, 6.07) is 10.8. The Labute approximate surface area is 94.9 Å². The first-order chi connectivity index (χ1) is 7.33. The first-order valence-corrected chi connectivity index (χ1v) is 5.92. The van der Waals surface area contributed by atoms with Crippen LogP contribution in [0.5, 0.6) is 0 Å². The van der Waals surface area contributed by atoms with Gasteiger partial charge in [-0.2, -0.15) is 0 Å². The van der Waals surface area contributed by atoms with E-state index in [9.17, 15) is 0 Å². The molecule has 0 spiro atoms. The second-order valence-corrected chi connectivity index (χ2v) is 4.76. The van der Waals surface area contributed by atoms with Gasteiger partial charge in [0, 0.05) is 5.02 Å². The van der Waals surface area contributed by atoms with E-state index in [1.165, 1.54) is 47.6 Å². The molecule has 0 nitrogen and oxygen atoms in total. The van der Waals surface area contributed by atoms with Crippen LogP contribution < -0.4 is 0 Å². The maximum atomic E-state index is 6.00. The lowest BCUT2D eigenvalue weighted by atomic mass is 9.89. The third-order valence-corrected chi connectivity index (χ3v) is 3.50. The van der Waals surface area contributed by atoms with Crippen molar-refractivity contribution in [2.75, 3.05) is 0 Å². The molecule has 0 fully saturated rings. The molecule has 0 heterocycles. The molecule has 0 amide bonds. The van der Waals surface area contributed by atoms with Gasteiger partial charge in [0.25, 0.3) is 0 Å². The summed E-state index contributed by atoms with van der Waals surface area (Å²) in [5.41, 5.74) is 3.06. The molecule has 0 radical (unpaired) electrons. The Bertz CT molecular complexity index is 514. The van der Waals surface area contributed by atoms with Gasteiger partial charge in [-0.3, -0.25) is 0 Å². The Balaban J connectivity index is 2.26. The second-order valence-electron chi connectivity index (χ2n) is 4.32. The summed E-state index contributed by atoms with van der Waals surface area (Å²) in [7, 11) is 0. The minimum Gasteiger partial charge on any atom is -0.0843 e. The fraction of sp³-hybridized carbons (Fsp3) is 0.286. The quantitative estimate of drug-likeness (QED) is 0.614. The molecule has 76 valence electrons. The van der Waals surface area contributed by atoms with Crippen molar-refractivity contribution in [1.82, 2.24) is 0 Å². The van der Waals surface area contributed by atoms with Crippen LogP contribution in [0.3, 0.4) is 0 Å². The van der Waals surface area contributed by atoms with Gasteiger partial charge in [-0.25, -0.2) is 0 Å². The molecule has 2 aromatic carbocycles. The highest BCUT2D eigenvalue weighted by molar-refractivity contribution is 6.31. The number of hydrogen-bond donors (Lipinski definition) is 0. The zero-order valence-corrected chi connectivity index (χ0v) is 9.35. The molecule has 0 saturated carbocycles. The molecule has 0 N–H and O–H groups in total. The van der Waals surface area contributed by atoms with E-state index in [1.807, 2.05) is 6.07 Å². The van der Waals surface area contributed by atoms with Crippen molar-refractivity contribution >= 4 is 22.4 Å². The Hall–Kier alpha value is -1.01. The number of hydrogen-bond acceptors (Lipinski definition) is 0. The van der Waals surface area contributed by atoms with Gasteiger partial charge in [0.15, 0.2) is 0 Å². The molecule has 0 aliphatic heterocycles. The first kappa shape index (κ1) is 9.23. The smallest absolute Gasteiger partial charge is 0.0412 e. The van der Waals surface area contributed by atoms with Crippen molar-refractivity contribution in [2.24, 2.45) is 0 Å². The van der Waals surface area contributed by atoms with Gasteiger partial charge >= 0.3 is 0 Å². The predicted octanol–water partition coefficient (Wildman–Crippen LogP) is 4.37. The molecule has 3 rings (SSSR count). The van der Waals surface area contributed by atoms with Crippen LogP contribution in [0.1, 0.15) is 24.0 Å². The maximum Gasteiger partial charge on any atom is 0.0412 e. The average molecular weight is 217 g/mol. The fourth-order valence-corrected chi connectivity index (χ4v) is 2.64. The molecule has 2 aromatic rings. The second kappa shape index (κ2) is 3.53. The minimum atomic E-state index is 0.832. The van der Waals surface area contributed by atoms with Crippen molar-refractivity contribution in [3.8, 4) is 0 Å². The van der Waals surface area contributed by atoms with Crippen molar-refractivity contribution in [3.05, 3.63) is 46.5 Å². The number of fused-ring (bicyclic) bond motifs is 2. The molecule has 0 bridgehead atoms.